The van der Waals surface area contributed by atoms with E-state index in [9.17, 15) is 5.11 Å². The second-order valence-electron chi connectivity index (χ2n) is 4.45. The largest absolute Gasteiger partial charge is 0.508 e. The zero-order valence-corrected chi connectivity index (χ0v) is 10.8. The number of pyridine rings is 1. The molecule has 1 aromatic carbocycles. The van der Waals surface area contributed by atoms with Gasteiger partial charge in [0.05, 0.1) is 6.10 Å². The number of aliphatic hydroxyl groups excluding tert-OH is 1. The highest BCUT2D eigenvalue weighted by Gasteiger charge is 2.06. The highest BCUT2D eigenvalue weighted by molar-refractivity contribution is 5.41. The van der Waals surface area contributed by atoms with E-state index in [4.69, 9.17) is 9.84 Å². The smallest absolute Gasteiger partial charge is 0.123 e. The summed E-state index contributed by atoms with van der Waals surface area (Å²) < 4.78 is 5.33. The van der Waals surface area contributed by atoms with Crippen LogP contribution < -0.4 is 4.74 Å². The van der Waals surface area contributed by atoms with Crippen LogP contribution >= 0.6 is 0 Å². The van der Waals surface area contributed by atoms with Gasteiger partial charge >= 0.3 is 0 Å². The van der Waals surface area contributed by atoms with Gasteiger partial charge in [-0.2, -0.15) is 0 Å². The first-order chi connectivity index (χ1) is 9.15. The van der Waals surface area contributed by atoms with E-state index in [1.807, 2.05) is 18.2 Å². The number of phenols is 1. The van der Waals surface area contributed by atoms with Crippen molar-refractivity contribution in [2.24, 2.45) is 0 Å². The van der Waals surface area contributed by atoms with Crippen LogP contribution in [0.15, 0.2) is 42.6 Å². The fourth-order valence-corrected chi connectivity index (χ4v) is 1.70. The van der Waals surface area contributed by atoms with Gasteiger partial charge in [-0.15, -0.1) is 0 Å². The van der Waals surface area contributed by atoms with E-state index in [1.54, 1.807) is 31.3 Å². The second kappa shape index (κ2) is 6.20. The van der Waals surface area contributed by atoms with Gasteiger partial charge in [0, 0.05) is 29.9 Å². The lowest BCUT2D eigenvalue weighted by Gasteiger charge is -2.10. The van der Waals surface area contributed by atoms with Crippen molar-refractivity contribution in [1.82, 2.24) is 4.98 Å². The van der Waals surface area contributed by atoms with E-state index in [-0.39, 0.29) is 12.4 Å². The van der Waals surface area contributed by atoms with Gasteiger partial charge in [-0.3, -0.25) is 4.98 Å². The van der Waals surface area contributed by atoms with Crippen molar-refractivity contribution in [3.63, 3.8) is 0 Å². The van der Waals surface area contributed by atoms with E-state index in [2.05, 4.69) is 4.98 Å². The number of aromatic nitrogens is 1. The average molecular weight is 259 g/mol. The maximum atomic E-state index is 9.95. The van der Waals surface area contributed by atoms with Crippen molar-refractivity contribution in [2.75, 3.05) is 6.61 Å². The maximum absolute atomic E-state index is 9.95. The van der Waals surface area contributed by atoms with Crippen LogP contribution in [0.5, 0.6) is 11.5 Å². The van der Waals surface area contributed by atoms with Gasteiger partial charge in [0.15, 0.2) is 0 Å². The molecule has 0 aliphatic heterocycles. The summed E-state index contributed by atoms with van der Waals surface area (Å²) in [4.78, 5) is 4.22. The van der Waals surface area contributed by atoms with Crippen molar-refractivity contribution in [1.29, 1.82) is 0 Å². The molecule has 0 bridgehead atoms. The van der Waals surface area contributed by atoms with Crippen LogP contribution in [0.4, 0.5) is 0 Å². The quantitative estimate of drug-likeness (QED) is 0.863. The van der Waals surface area contributed by atoms with E-state index in [0.717, 1.165) is 11.3 Å². The van der Waals surface area contributed by atoms with Gasteiger partial charge in [-0.25, -0.2) is 0 Å². The Labute approximate surface area is 112 Å². The molecule has 0 aliphatic carbocycles. The van der Waals surface area contributed by atoms with Crippen LogP contribution in [-0.2, 0) is 6.42 Å². The fraction of sp³-hybridized carbons (Fsp3) is 0.267. The molecular formula is C15H17NO3. The number of aliphatic hydroxyl groups is 1. The number of hydrogen-bond acceptors (Lipinski definition) is 4. The summed E-state index contributed by atoms with van der Waals surface area (Å²) in [7, 11) is 0. The van der Waals surface area contributed by atoms with Gasteiger partial charge < -0.3 is 14.9 Å². The average Bonchev–Trinajstić information content (AvgIpc) is 2.40. The molecule has 0 amide bonds. The monoisotopic (exact) mass is 259 g/mol. The molecule has 2 aromatic rings. The molecule has 0 aliphatic rings. The Balaban J connectivity index is 2.07. The van der Waals surface area contributed by atoms with Crippen molar-refractivity contribution in [3.8, 4) is 11.5 Å². The summed E-state index contributed by atoms with van der Waals surface area (Å²) in [5.74, 6) is 0.719. The first-order valence-corrected chi connectivity index (χ1v) is 6.18. The second-order valence-corrected chi connectivity index (χ2v) is 4.45. The highest BCUT2D eigenvalue weighted by atomic mass is 16.5. The van der Waals surface area contributed by atoms with Gasteiger partial charge in [-0.05, 0) is 25.1 Å². The molecule has 1 atom stereocenters. The molecule has 100 valence electrons. The minimum absolute atomic E-state index is 0.175. The number of rotatable bonds is 5. The number of aromatic hydroxyl groups is 1. The highest BCUT2D eigenvalue weighted by Crippen LogP contribution is 2.25. The van der Waals surface area contributed by atoms with Gasteiger partial charge in [0.25, 0.3) is 0 Å². The minimum Gasteiger partial charge on any atom is -0.508 e. The predicted octanol–water partition coefficient (Wildman–Crippen LogP) is 2.14. The predicted molar refractivity (Wildman–Crippen MR) is 72.3 cm³/mol. The zero-order valence-electron chi connectivity index (χ0n) is 10.8. The van der Waals surface area contributed by atoms with Crippen LogP contribution in [0.3, 0.4) is 0 Å². The third kappa shape index (κ3) is 3.96. The number of benzene rings is 1. The maximum Gasteiger partial charge on any atom is 0.123 e. The summed E-state index contributed by atoms with van der Waals surface area (Å²) >= 11 is 0. The molecule has 0 spiro atoms. The summed E-state index contributed by atoms with van der Waals surface area (Å²) in [6.07, 6.45) is 1.77. The molecule has 0 fully saturated rings. The first kappa shape index (κ1) is 13.4. The Kier molecular flexibility index (Phi) is 4.36. The molecule has 0 radical (unpaired) electrons. The summed E-state index contributed by atoms with van der Waals surface area (Å²) in [6.45, 7) is 1.86. The van der Waals surface area contributed by atoms with Crippen molar-refractivity contribution < 1.29 is 14.9 Å². The summed E-state index contributed by atoms with van der Waals surface area (Å²) in [6, 6.07) is 10.8. The lowest BCUT2D eigenvalue weighted by atomic mass is 10.1. The first-order valence-electron chi connectivity index (χ1n) is 6.18. The lowest BCUT2D eigenvalue weighted by molar-refractivity contribution is 0.122. The van der Waals surface area contributed by atoms with E-state index in [1.165, 1.54) is 0 Å². The minimum atomic E-state index is -0.532. The molecule has 4 heteroatoms. The number of hydrogen-bond donors (Lipinski definition) is 2. The van der Waals surface area contributed by atoms with Crippen molar-refractivity contribution in [2.45, 2.75) is 19.4 Å². The van der Waals surface area contributed by atoms with Crippen molar-refractivity contribution in [3.05, 3.63) is 53.9 Å². The van der Waals surface area contributed by atoms with Crippen molar-refractivity contribution >= 4 is 0 Å². The van der Waals surface area contributed by atoms with Crippen LogP contribution in [-0.4, -0.2) is 27.9 Å². The zero-order chi connectivity index (χ0) is 13.7. The third-order valence-electron chi connectivity index (χ3n) is 2.65. The molecule has 4 nitrogen and oxygen atoms in total. The number of phenolic OH excluding ortho intramolecular Hbond substituents is 1. The normalized spacial score (nSPS) is 12.1. The van der Waals surface area contributed by atoms with Crippen LogP contribution in [0.2, 0.25) is 0 Å². The van der Waals surface area contributed by atoms with E-state index in [0.29, 0.717) is 12.2 Å². The molecule has 0 saturated heterocycles. The van der Waals surface area contributed by atoms with Gasteiger partial charge in [0.2, 0.25) is 0 Å². The van der Waals surface area contributed by atoms with Crippen LogP contribution in [0.1, 0.15) is 18.2 Å². The van der Waals surface area contributed by atoms with Crippen LogP contribution in [0, 0.1) is 0 Å². The van der Waals surface area contributed by atoms with Crippen LogP contribution in [0.25, 0.3) is 0 Å². The summed E-state index contributed by atoms with van der Waals surface area (Å²) in [5.41, 5.74) is 1.69. The topological polar surface area (TPSA) is 62.6 Å². The Morgan fingerprint density at radius 3 is 2.74 bits per heavy atom. The van der Waals surface area contributed by atoms with E-state index < -0.39 is 6.10 Å². The molecule has 1 unspecified atom stereocenters. The third-order valence-corrected chi connectivity index (χ3v) is 2.65. The molecule has 1 heterocycles. The molecular weight excluding hydrogens is 242 g/mol. The Morgan fingerprint density at radius 1 is 1.26 bits per heavy atom. The Morgan fingerprint density at radius 2 is 2.11 bits per heavy atom. The van der Waals surface area contributed by atoms with Gasteiger partial charge in [0.1, 0.15) is 18.1 Å². The number of nitrogens with zero attached hydrogens (tertiary/aromatic N) is 1. The molecule has 2 rings (SSSR count). The Hall–Kier alpha value is -2.07. The SMILES string of the molecule is CC(O)COc1ccc(Cc2ccccn2)c(O)c1. The molecule has 0 saturated carbocycles. The van der Waals surface area contributed by atoms with E-state index >= 15 is 0 Å². The molecule has 1 aromatic heterocycles. The lowest BCUT2D eigenvalue weighted by Crippen LogP contribution is -2.12. The fourth-order valence-electron chi connectivity index (χ4n) is 1.70. The number of ether oxygens (including phenoxy) is 1. The molecule has 2 N–H and O–H groups in total. The molecule has 19 heavy (non-hydrogen) atoms. The standard InChI is InChI=1S/C15H17NO3/c1-11(17)10-19-14-6-5-12(15(18)9-14)8-13-4-2-3-7-16-13/h2-7,9,11,17-18H,8,10H2,1H3. The van der Waals surface area contributed by atoms with Gasteiger partial charge in [-0.1, -0.05) is 12.1 Å². The summed E-state index contributed by atoms with van der Waals surface area (Å²) in [5, 5.41) is 19.1. The Bertz CT molecular complexity index is 526.